The summed E-state index contributed by atoms with van der Waals surface area (Å²) in [6.45, 7) is 1.83. The molecule has 0 atom stereocenters. The van der Waals surface area contributed by atoms with Crippen molar-refractivity contribution in [2.24, 2.45) is 7.05 Å². The molecule has 0 aliphatic rings. The molecule has 5 heteroatoms. The van der Waals surface area contributed by atoms with Gasteiger partial charge in [0.1, 0.15) is 5.82 Å². The van der Waals surface area contributed by atoms with Crippen molar-refractivity contribution in [2.75, 3.05) is 0 Å². The van der Waals surface area contributed by atoms with Crippen LogP contribution in [0.15, 0.2) is 9.59 Å². The molecule has 5 nitrogen and oxygen atoms in total. The monoisotopic (exact) mass is 155 g/mol. The predicted molar refractivity (Wildman–Crippen MR) is 39.5 cm³/mol. The minimum absolute atomic E-state index is 0.415. The number of rotatable bonds is 1. The highest BCUT2D eigenvalue weighted by molar-refractivity contribution is 4.84. The van der Waals surface area contributed by atoms with Crippen molar-refractivity contribution >= 4 is 0 Å². The van der Waals surface area contributed by atoms with E-state index >= 15 is 0 Å². The Morgan fingerprint density at radius 2 is 2.18 bits per heavy atom. The lowest BCUT2D eigenvalue weighted by molar-refractivity contribution is 0.683. The zero-order chi connectivity index (χ0) is 8.43. The second kappa shape index (κ2) is 2.69. The average Bonchev–Trinajstić information content (AvgIpc) is 1.96. The van der Waals surface area contributed by atoms with Crippen LogP contribution >= 0.6 is 0 Å². The molecule has 0 aliphatic carbocycles. The molecule has 0 saturated heterocycles. The van der Waals surface area contributed by atoms with Crippen LogP contribution in [0.25, 0.3) is 0 Å². The Balaban J connectivity index is 3.49. The normalized spacial score (nSPS) is 10.0. The van der Waals surface area contributed by atoms with E-state index in [2.05, 4.69) is 9.97 Å². The molecule has 1 rings (SSSR count). The number of hydrogen-bond donors (Lipinski definition) is 1. The first-order chi connectivity index (χ1) is 5.15. The van der Waals surface area contributed by atoms with Crippen molar-refractivity contribution in [1.82, 2.24) is 14.5 Å². The lowest BCUT2D eigenvalue weighted by Gasteiger charge is -2.00. The van der Waals surface area contributed by atoms with Crippen LogP contribution < -0.4 is 11.4 Å². The molecular formula is C6H9N3O2. The zero-order valence-corrected chi connectivity index (χ0v) is 6.42. The summed E-state index contributed by atoms with van der Waals surface area (Å²) in [5, 5.41) is 0. The van der Waals surface area contributed by atoms with E-state index in [-0.39, 0.29) is 0 Å². The van der Waals surface area contributed by atoms with Crippen LogP contribution in [0.2, 0.25) is 0 Å². The van der Waals surface area contributed by atoms with Crippen LogP contribution in [0.1, 0.15) is 12.7 Å². The van der Waals surface area contributed by atoms with Crippen molar-refractivity contribution in [3.05, 3.63) is 26.8 Å². The molecule has 0 aromatic carbocycles. The van der Waals surface area contributed by atoms with E-state index in [0.29, 0.717) is 12.2 Å². The minimum Gasteiger partial charge on any atom is -0.285 e. The summed E-state index contributed by atoms with van der Waals surface area (Å²) in [6, 6.07) is 0. The summed E-state index contributed by atoms with van der Waals surface area (Å²) >= 11 is 0. The van der Waals surface area contributed by atoms with Crippen LogP contribution in [0.3, 0.4) is 0 Å². The second-order valence-corrected chi connectivity index (χ2v) is 2.18. The van der Waals surface area contributed by atoms with E-state index in [1.165, 1.54) is 4.57 Å². The third-order valence-corrected chi connectivity index (χ3v) is 1.45. The van der Waals surface area contributed by atoms with Crippen molar-refractivity contribution in [2.45, 2.75) is 13.3 Å². The molecule has 1 aromatic rings. The first-order valence-corrected chi connectivity index (χ1v) is 3.31. The smallest absolute Gasteiger partial charge is 0.285 e. The molecular weight excluding hydrogens is 146 g/mol. The summed E-state index contributed by atoms with van der Waals surface area (Å²) in [7, 11) is 1.57. The number of aromatic amines is 1. The second-order valence-electron chi connectivity index (χ2n) is 2.18. The van der Waals surface area contributed by atoms with Gasteiger partial charge in [0.15, 0.2) is 0 Å². The maximum absolute atomic E-state index is 10.9. The van der Waals surface area contributed by atoms with Gasteiger partial charge in [0.25, 0.3) is 0 Å². The Bertz CT molecular complexity index is 363. The molecule has 0 aliphatic heterocycles. The fourth-order valence-electron chi connectivity index (χ4n) is 0.829. The molecule has 0 amide bonds. The standard InChI is InChI=1S/C6H9N3O2/c1-3-4-7-5(10)8-6(11)9(4)2/h3H2,1-2H3,(H,8,10,11). The van der Waals surface area contributed by atoms with E-state index in [1.807, 2.05) is 6.92 Å². The SMILES string of the molecule is CCc1nc(=O)[nH]c(=O)n1C. The highest BCUT2D eigenvalue weighted by atomic mass is 16.2. The number of aryl methyl sites for hydroxylation is 1. The third kappa shape index (κ3) is 1.36. The van der Waals surface area contributed by atoms with E-state index in [4.69, 9.17) is 0 Å². The van der Waals surface area contributed by atoms with Crippen LogP contribution in [0.4, 0.5) is 0 Å². The van der Waals surface area contributed by atoms with E-state index in [9.17, 15) is 9.59 Å². The molecule has 0 bridgehead atoms. The number of aromatic nitrogens is 3. The quantitative estimate of drug-likeness (QED) is 0.567. The molecule has 0 radical (unpaired) electrons. The van der Waals surface area contributed by atoms with E-state index < -0.39 is 11.4 Å². The molecule has 1 N–H and O–H groups in total. The fourth-order valence-corrected chi connectivity index (χ4v) is 0.829. The predicted octanol–water partition coefficient (Wildman–Crippen LogP) is -0.969. The van der Waals surface area contributed by atoms with E-state index in [1.54, 1.807) is 7.05 Å². The Morgan fingerprint density at radius 1 is 1.55 bits per heavy atom. The Kier molecular flexibility index (Phi) is 1.89. The van der Waals surface area contributed by atoms with Crippen molar-refractivity contribution < 1.29 is 0 Å². The third-order valence-electron chi connectivity index (χ3n) is 1.45. The molecule has 1 aromatic heterocycles. The van der Waals surface area contributed by atoms with Crippen LogP contribution in [-0.2, 0) is 13.5 Å². The molecule has 0 spiro atoms. The Labute approximate surface area is 62.7 Å². The van der Waals surface area contributed by atoms with Gasteiger partial charge in [-0.3, -0.25) is 9.55 Å². The maximum Gasteiger partial charge on any atom is 0.350 e. The summed E-state index contributed by atoms with van der Waals surface area (Å²) in [5.41, 5.74) is -0.994. The molecule has 0 saturated carbocycles. The highest BCUT2D eigenvalue weighted by Crippen LogP contribution is 1.83. The van der Waals surface area contributed by atoms with Gasteiger partial charge < -0.3 is 0 Å². The van der Waals surface area contributed by atoms with Gasteiger partial charge in [-0.15, -0.1) is 0 Å². The lowest BCUT2D eigenvalue weighted by Crippen LogP contribution is -2.32. The topological polar surface area (TPSA) is 67.8 Å². The van der Waals surface area contributed by atoms with Crippen LogP contribution in [-0.4, -0.2) is 14.5 Å². The lowest BCUT2D eigenvalue weighted by atomic mass is 10.4. The summed E-state index contributed by atoms with van der Waals surface area (Å²) in [6.07, 6.45) is 0.579. The summed E-state index contributed by atoms with van der Waals surface area (Å²) in [4.78, 5) is 27.2. The maximum atomic E-state index is 10.9. The van der Waals surface area contributed by atoms with Gasteiger partial charge in [0.05, 0.1) is 0 Å². The van der Waals surface area contributed by atoms with Gasteiger partial charge in [0.2, 0.25) is 0 Å². The minimum atomic E-state index is -0.579. The zero-order valence-electron chi connectivity index (χ0n) is 6.42. The van der Waals surface area contributed by atoms with Crippen LogP contribution in [0, 0.1) is 0 Å². The van der Waals surface area contributed by atoms with E-state index in [0.717, 1.165) is 0 Å². The Hall–Kier alpha value is -1.39. The Morgan fingerprint density at radius 3 is 2.73 bits per heavy atom. The van der Waals surface area contributed by atoms with Crippen molar-refractivity contribution in [3.63, 3.8) is 0 Å². The number of hydrogen-bond acceptors (Lipinski definition) is 3. The van der Waals surface area contributed by atoms with Crippen molar-refractivity contribution in [1.29, 1.82) is 0 Å². The molecule has 60 valence electrons. The highest BCUT2D eigenvalue weighted by Gasteiger charge is 1.99. The summed E-state index contributed by atoms with van der Waals surface area (Å²) in [5.74, 6) is 0.499. The van der Waals surface area contributed by atoms with Gasteiger partial charge in [0, 0.05) is 13.5 Å². The fraction of sp³-hybridized carbons (Fsp3) is 0.500. The largest absolute Gasteiger partial charge is 0.350 e. The van der Waals surface area contributed by atoms with Crippen LogP contribution in [0.5, 0.6) is 0 Å². The summed E-state index contributed by atoms with van der Waals surface area (Å²) < 4.78 is 1.32. The number of nitrogens with zero attached hydrogens (tertiary/aromatic N) is 2. The molecule has 1 heterocycles. The first kappa shape index (κ1) is 7.71. The van der Waals surface area contributed by atoms with Gasteiger partial charge in [-0.05, 0) is 0 Å². The number of nitrogens with one attached hydrogen (secondary N) is 1. The number of H-pyrrole nitrogens is 1. The van der Waals surface area contributed by atoms with Gasteiger partial charge in [-0.25, -0.2) is 9.59 Å². The van der Waals surface area contributed by atoms with Crippen molar-refractivity contribution in [3.8, 4) is 0 Å². The first-order valence-electron chi connectivity index (χ1n) is 3.31. The molecule has 0 fully saturated rings. The van der Waals surface area contributed by atoms with Gasteiger partial charge in [-0.1, -0.05) is 6.92 Å². The van der Waals surface area contributed by atoms with Gasteiger partial charge in [-0.2, -0.15) is 4.98 Å². The molecule has 11 heavy (non-hydrogen) atoms. The van der Waals surface area contributed by atoms with Gasteiger partial charge >= 0.3 is 11.4 Å². The molecule has 0 unspecified atom stereocenters. The average molecular weight is 155 g/mol.